The fraction of sp³-hybridized carbons (Fsp3) is 0.130. The first-order chi connectivity index (χ1) is 13.5. The van der Waals surface area contributed by atoms with Gasteiger partial charge in [0.2, 0.25) is 0 Å². The van der Waals surface area contributed by atoms with Crippen molar-refractivity contribution < 1.29 is 5.11 Å². The highest BCUT2D eigenvalue weighted by Crippen LogP contribution is 2.34. The number of benzene rings is 3. The number of aliphatic hydroxyl groups excluding tert-OH is 1. The molecule has 3 aromatic carbocycles. The van der Waals surface area contributed by atoms with Crippen molar-refractivity contribution in [2.24, 2.45) is 0 Å². The summed E-state index contributed by atoms with van der Waals surface area (Å²) in [6.07, 6.45) is 0. The molecule has 1 aliphatic rings. The van der Waals surface area contributed by atoms with E-state index in [0.717, 1.165) is 27.5 Å². The fourth-order valence-electron chi connectivity index (χ4n) is 3.87. The van der Waals surface area contributed by atoms with E-state index in [4.69, 9.17) is 5.41 Å². The summed E-state index contributed by atoms with van der Waals surface area (Å²) in [5.74, 6) is 0.942. The lowest BCUT2D eigenvalue weighted by Crippen LogP contribution is -2.26. The smallest absolute Gasteiger partial charge is 0.145 e. The van der Waals surface area contributed by atoms with Gasteiger partial charge in [-0.25, -0.2) is 4.98 Å². The van der Waals surface area contributed by atoms with Gasteiger partial charge in [0.1, 0.15) is 17.4 Å². The molecule has 0 bridgehead atoms. The van der Waals surface area contributed by atoms with Gasteiger partial charge in [0, 0.05) is 5.39 Å². The Kier molecular flexibility index (Phi) is 3.52. The molecule has 0 amide bonds. The molecule has 0 atom stereocenters. The largest absolute Gasteiger partial charge is 0.509 e. The number of imidazole rings is 1. The van der Waals surface area contributed by atoms with Crippen LogP contribution in [0.5, 0.6) is 0 Å². The Morgan fingerprint density at radius 3 is 2.64 bits per heavy atom. The van der Waals surface area contributed by atoms with Gasteiger partial charge in [-0.2, -0.15) is 0 Å². The van der Waals surface area contributed by atoms with Crippen molar-refractivity contribution in [3.8, 4) is 0 Å². The van der Waals surface area contributed by atoms with Crippen LogP contribution in [-0.4, -0.2) is 27.5 Å². The van der Waals surface area contributed by atoms with E-state index in [1.807, 2.05) is 41.3 Å². The Morgan fingerprint density at radius 1 is 1.04 bits per heavy atom. The van der Waals surface area contributed by atoms with Gasteiger partial charge in [-0.3, -0.25) is 5.41 Å². The zero-order chi connectivity index (χ0) is 19.4. The second kappa shape index (κ2) is 5.96. The topological polar surface area (TPSA) is 76.0 Å². The van der Waals surface area contributed by atoms with E-state index in [2.05, 4.69) is 42.0 Å². The van der Waals surface area contributed by atoms with Crippen LogP contribution in [0.1, 0.15) is 17.0 Å². The molecule has 0 radical (unpaired) electrons. The van der Waals surface area contributed by atoms with Crippen LogP contribution in [0.4, 0.5) is 5.69 Å². The first kappa shape index (κ1) is 16.6. The number of hydrogen-bond acceptors (Lipinski definition) is 3. The molecule has 4 aromatic rings. The van der Waals surface area contributed by atoms with Crippen molar-refractivity contribution in [1.29, 1.82) is 5.41 Å². The van der Waals surface area contributed by atoms with Crippen LogP contribution in [0, 0.1) is 19.3 Å². The minimum atomic E-state index is 0.158. The van der Waals surface area contributed by atoms with E-state index in [0.29, 0.717) is 11.4 Å². The monoisotopic (exact) mass is 368 g/mol. The number of aromatic amines is 1. The number of rotatable bonds is 2. The Hall–Kier alpha value is -3.60. The number of H-pyrrole nitrogens is 1. The summed E-state index contributed by atoms with van der Waals surface area (Å²) < 4.78 is 0. The number of aryl methyl sites for hydroxylation is 2. The molecule has 28 heavy (non-hydrogen) atoms. The Balaban J connectivity index is 1.59. The van der Waals surface area contributed by atoms with Crippen LogP contribution in [-0.2, 0) is 0 Å². The summed E-state index contributed by atoms with van der Waals surface area (Å²) in [6, 6.07) is 18.2. The number of fused-ring (bicyclic) bond motifs is 2. The number of hydrogen-bond donors (Lipinski definition) is 3. The quantitative estimate of drug-likeness (QED) is 0.461. The predicted octanol–water partition coefficient (Wildman–Crippen LogP) is 5.10. The van der Waals surface area contributed by atoms with Gasteiger partial charge in [0.15, 0.2) is 0 Å². The maximum absolute atomic E-state index is 10.7. The summed E-state index contributed by atoms with van der Waals surface area (Å²) in [5, 5.41) is 21.6. The van der Waals surface area contributed by atoms with Crippen LogP contribution in [0.25, 0.3) is 27.4 Å². The van der Waals surface area contributed by atoms with E-state index >= 15 is 0 Å². The molecule has 0 saturated heterocycles. The van der Waals surface area contributed by atoms with Gasteiger partial charge in [-0.05, 0) is 48.6 Å². The standard InChI is InChI=1S/C23H20N4O/c1-13-10-17-18(11-14(13)2)26-23(25-17)21-20(28)12-27(22(21)24)19-9-5-7-15-6-3-4-8-16(15)19/h3-11,24,28H,12H2,1-2H3,(H,25,26). The first-order valence-electron chi connectivity index (χ1n) is 9.26. The van der Waals surface area contributed by atoms with E-state index < -0.39 is 0 Å². The second-order valence-corrected chi connectivity index (χ2v) is 7.29. The number of anilines is 1. The zero-order valence-electron chi connectivity index (χ0n) is 15.7. The van der Waals surface area contributed by atoms with E-state index in [9.17, 15) is 5.11 Å². The van der Waals surface area contributed by atoms with Gasteiger partial charge >= 0.3 is 0 Å². The molecule has 5 nitrogen and oxygen atoms in total. The van der Waals surface area contributed by atoms with E-state index in [1.165, 1.54) is 11.1 Å². The third-order valence-electron chi connectivity index (χ3n) is 5.49. The van der Waals surface area contributed by atoms with E-state index in [1.54, 1.807) is 0 Å². The van der Waals surface area contributed by atoms with Crippen LogP contribution in [0.3, 0.4) is 0 Å². The number of amidine groups is 1. The summed E-state index contributed by atoms with van der Waals surface area (Å²) in [5.41, 5.74) is 5.47. The summed E-state index contributed by atoms with van der Waals surface area (Å²) in [7, 11) is 0. The molecule has 0 fully saturated rings. The van der Waals surface area contributed by atoms with Gasteiger partial charge in [0.25, 0.3) is 0 Å². The molecule has 2 heterocycles. The highest BCUT2D eigenvalue weighted by molar-refractivity contribution is 6.31. The number of nitrogens with zero attached hydrogens (tertiary/aromatic N) is 2. The molecule has 1 aromatic heterocycles. The van der Waals surface area contributed by atoms with Crippen molar-refractivity contribution >= 4 is 38.9 Å². The lowest BCUT2D eigenvalue weighted by atomic mass is 10.1. The van der Waals surface area contributed by atoms with Crippen LogP contribution >= 0.6 is 0 Å². The third kappa shape index (κ3) is 2.40. The van der Waals surface area contributed by atoms with Crippen molar-refractivity contribution in [3.63, 3.8) is 0 Å². The Morgan fingerprint density at radius 2 is 1.79 bits per heavy atom. The van der Waals surface area contributed by atoms with E-state index in [-0.39, 0.29) is 18.1 Å². The van der Waals surface area contributed by atoms with Gasteiger partial charge in [-0.15, -0.1) is 0 Å². The summed E-state index contributed by atoms with van der Waals surface area (Å²) >= 11 is 0. The average Bonchev–Trinajstić information content (AvgIpc) is 3.21. The van der Waals surface area contributed by atoms with Gasteiger partial charge < -0.3 is 15.0 Å². The summed E-state index contributed by atoms with van der Waals surface area (Å²) in [4.78, 5) is 9.76. The van der Waals surface area contributed by atoms with Crippen LogP contribution in [0.15, 0.2) is 60.4 Å². The lowest BCUT2D eigenvalue weighted by molar-refractivity contribution is 0.411. The minimum absolute atomic E-state index is 0.158. The SMILES string of the molecule is Cc1cc2nc(C3=C(O)CN(c4cccc5ccccc45)C3=N)[nH]c2cc1C. The molecule has 5 heteroatoms. The molecular formula is C23H20N4O. The molecule has 138 valence electrons. The van der Waals surface area contributed by atoms with Crippen molar-refractivity contribution in [1.82, 2.24) is 9.97 Å². The fourth-order valence-corrected chi connectivity index (χ4v) is 3.87. The Bertz CT molecular complexity index is 1250. The normalized spacial score (nSPS) is 14.6. The average molecular weight is 368 g/mol. The minimum Gasteiger partial charge on any atom is -0.509 e. The number of aliphatic hydroxyl groups is 1. The molecule has 1 aliphatic heterocycles. The molecule has 3 N–H and O–H groups in total. The molecule has 0 aliphatic carbocycles. The number of aromatic nitrogens is 2. The maximum atomic E-state index is 10.7. The zero-order valence-corrected chi connectivity index (χ0v) is 15.7. The number of nitrogens with one attached hydrogen (secondary N) is 2. The van der Waals surface area contributed by atoms with Crippen molar-refractivity contribution in [2.75, 3.05) is 11.4 Å². The molecular weight excluding hydrogens is 348 g/mol. The second-order valence-electron chi connectivity index (χ2n) is 7.29. The summed E-state index contributed by atoms with van der Waals surface area (Å²) in [6.45, 7) is 4.38. The predicted molar refractivity (Wildman–Crippen MR) is 114 cm³/mol. The van der Waals surface area contributed by atoms with Crippen LogP contribution < -0.4 is 4.90 Å². The maximum Gasteiger partial charge on any atom is 0.145 e. The van der Waals surface area contributed by atoms with Crippen molar-refractivity contribution in [2.45, 2.75) is 13.8 Å². The Labute approximate surface area is 162 Å². The highest BCUT2D eigenvalue weighted by Gasteiger charge is 2.32. The third-order valence-corrected chi connectivity index (χ3v) is 5.49. The van der Waals surface area contributed by atoms with Crippen molar-refractivity contribution in [3.05, 3.63) is 77.3 Å². The van der Waals surface area contributed by atoms with Gasteiger partial charge in [0.05, 0.1) is 28.8 Å². The first-order valence-corrected chi connectivity index (χ1v) is 9.26. The molecule has 0 unspecified atom stereocenters. The lowest BCUT2D eigenvalue weighted by Gasteiger charge is -2.20. The highest BCUT2D eigenvalue weighted by atomic mass is 16.3. The molecule has 0 saturated carbocycles. The van der Waals surface area contributed by atoms with Gasteiger partial charge in [-0.1, -0.05) is 36.4 Å². The molecule has 0 spiro atoms. The van der Waals surface area contributed by atoms with Crippen LogP contribution in [0.2, 0.25) is 0 Å². The molecule has 5 rings (SSSR count).